The lowest BCUT2D eigenvalue weighted by atomic mass is 9.78. The van der Waals surface area contributed by atoms with Gasteiger partial charge in [-0.2, -0.15) is 0 Å². The Morgan fingerprint density at radius 2 is 1.88 bits per heavy atom. The monoisotopic (exact) mass is 552 g/mol. The molecule has 6 rings (SSSR count). The first-order valence-corrected chi connectivity index (χ1v) is 15.0. The molecule has 0 bridgehead atoms. The summed E-state index contributed by atoms with van der Waals surface area (Å²) in [4.78, 5) is 19.9. The molecule has 3 heterocycles. The number of aliphatic hydroxyl groups is 1. The number of aliphatic hydroxyl groups excluding tert-OH is 1. The molecule has 2 fully saturated rings. The lowest BCUT2D eigenvalue weighted by Gasteiger charge is -2.28. The lowest BCUT2D eigenvalue weighted by Crippen LogP contribution is -2.33. The number of H-pyrrole nitrogens is 1. The van der Waals surface area contributed by atoms with Crippen molar-refractivity contribution < 1.29 is 9.84 Å². The summed E-state index contributed by atoms with van der Waals surface area (Å²) in [5.74, 6) is 3.40. The molecular formula is C33H40N6O2. The van der Waals surface area contributed by atoms with Crippen molar-refractivity contribution in [3.8, 4) is 17.1 Å². The summed E-state index contributed by atoms with van der Waals surface area (Å²) in [5.41, 5.74) is 4.03. The summed E-state index contributed by atoms with van der Waals surface area (Å²) in [6.45, 7) is 2.90. The summed E-state index contributed by atoms with van der Waals surface area (Å²) < 4.78 is 6.02. The van der Waals surface area contributed by atoms with Crippen LogP contribution < -0.4 is 10.1 Å². The van der Waals surface area contributed by atoms with E-state index in [1.54, 1.807) is 6.20 Å². The second-order valence-corrected chi connectivity index (χ2v) is 11.3. The van der Waals surface area contributed by atoms with Gasteiger partial charge >= 0.3 is 0 Å². The molecule has 3 N–H and O–H groups in total. The van der Waals surface area contributed by atoms with E-state index < -0.39 is 0 Å². The first kappa shape index (κ1) is 27.4. The number of hydrogen-bond donors (Lipinski definition) is 3. The molecule has 1 aliphatic heterocycles. The van der Waals surface area contributed by atoms with E-state index in [9.17, 15) is 5.11 Å². The van der Waals surface area contributed by atoms with Crippen LogP contribution in [-0.4, -0.2) is 62.3 Å². The maximum Gasteiger partial charge on any atom is 0.227 e. The van der Waals surface area contributed by atoms with Gasteiger partial charge in [-0.15, -0.1) is 0 Å². The standard InChI is InChI=1S/C33H40N6O2/c40-23-28-13-6-17-39(28)18-7-19-41-29-14-5-12-27(21-29)36-33-34-16-15-30(38-33)31-22-35-32(37-31)26-11-4-10-25(20-26)24-8-2-1-3-9-24/h1-3,5,8-9,12,14-16,21-22,25-26,28,40H,4,6-7,10-11,13,17-20,23H2,(H,35,37)(H,34,36,38)/t25?,26?,28-/m0/s1. The molecule has 2 aromatic carbocycles. The number of likely N-dealkylation sites (tertiary alicyclic amines) is 1. The number of hydrogen-bond acceptors (Lipinski definition) is 7. The van der Waals surface area contributed by atoms with E-state index in [0.717, 1.165) is 67.4 Å². The summed E-state index contributed by atoms with van der Waals surface area (Å²) in [6, 6.07) is 21.0. The Kier molecular flexibility index (Phi) is 8.88. The summed E-state index contributed by atoms with van der Waals surface area (Å²) >= 11 is 0. The lowest BCUT2D eigenvalue weighted by molar-refractivity contribution is 0.150. The SMILES string of the molecule is OC[C@@H]1CCCN1CCCOc1cccc(Nc2nccc(-c3cnc(C4CCCC(c5ccccc5)C4)[nH]3)n2)c1. The predicted molar refractivity (Wildman–Crippen MR) is 162 cm³/mol. The third-order valence-electron chi connectivity index (χ3n) is 8.52. The first-order valence-electron chi connectivity index (χ1n) is 15.0. The minimum atomic E-state index is 0.245. The second-order valence-electron chi connectivity index (χ2n) is 11.3. The molecule has 1 aliphatic carbocycles. The van der Waals surface area contributed by atoms with Crippen molar-refractivity contribution in [3.63, 3.8) is 0 Å². The van der Waals surface area contributed by atoms with Crippen molar-refractivity contribution in [2.45, 2.75) is 62.8 Å². The molecule has 2 unspecified atom stereocenters. The number of rotatable bonds is 11. The number of nitrogens with zero attached hydrogens (tertiary/aromatic N) is 4. The van der Waals surface area contributed by atoms with E-state index in [0.29, 0.717) is 30.4 Å². The minimum Gasteiger partial charge on any atom is -0.493 e. The molecular weight excluding hydrogens is 512 g/mol. The van der Waals surface area contributed by atoms with Crippen LogP contribution in [0.5, 0.6) is 5.75 Å². The zero-order valence-electron chi connectivity index (χ0n) is 23.6. The van der Waals surface area contributed by atoms with Crippen molar-refractivity contribution in [2.24, 2.45) is 0 Å². The molecule has 2 aromatic heterocycles. The molecule has 214 valence electrons. The van der Waals surface area contributed by atoms with Crippen molar-refractivity contribution in [2.75, 3.05) is 31.6 Å². The quantitative estimate of drug-likeness (QED) is 0.188. The Morgan fingerprint density at radius 1 is 0.976 bits per heavy atom. The van der Waals surface area contributed by atoms with E-state index in [-0.39, 0.29) is 6.61 Å². The number of imidazole rings is 1. The van der Waals surface area contributed by atoms with Crippen LogP contribution in [0, 0.1) is 0 Å². The normalized spacial score (nSPS) is 21.1. The van der Waals surface area contributed by atoms with Gasteiger partial charge < -0.3 is 20.1 Å². The van der Waals surface area contributed by atoms with Crippen LogP contribution in [0.4, 0.5) is 11.6 Å². The van der Waals surface area contributed by atoms with E-state index in [1.165, 1.54) is 24.8 Å². The topological polar surface area (TPSA) is 99.2 Å². The number of benzene rings is 2. The van der Waals surface area contributed by atoms with E-state index in [1.807, 2.05) is 36.5 Å². The van der Waals surface area contributed by atoms with Gasteiger partial charge in [0.15, 0.2) is 0 Å². The maximum atomic E-state index is 9.51. The van der Waals surface area contributed by atoms with Crippen LogP contribution in [0.25, 0.3) is 11.4 Å². The van der Waals surface area contributed by atoms with E-state index in [2.05, 4.69) is 50.5 Å². The Labute approximate surface area is 242 Å². The summed E-state index contributed by atoms with van der Waals surface area (Å²) in [6.07, 6.45) is 11.6. The fourth-order valence-electron chi connectivity index (χ4n) is 6.36. The largest absolute Gasteiger partial charge is 0.493 e. The van der Waals surface area contributed by atoms with Gasteiger partial charge in [0.1, 0.15) is 11.6 Å². The van der Waals surface area contributed by atoms with Gasteiger partial charge in [0.25, 0.3) is 0 Å². The molecule has 41 heavy (non-hydrogen) atoms. The fourth-order valence-corrected chi connectivity index (χ4v) is 6.36. The number of ether oxygens (including phenoxy) is 1. The van der Waals surface area contributed by atoms with Crippen molar-refractivity contribution in [1.82, 2.24) is 24.8 Å². The molecule has 8 nitrogen and oxygen atoms in total. The van der Waals surface area contributed by atoms with Gasteiger partial charge in [-0.1, -0.05) is 42.8 Å². The number of aromatic amines is 1. The minimum absolute atomic E-state index is 0.245. The molecule has 1 saturated heterocycles. The second kappa shape index (κ2) is 13.3. The Balaban J connectivity index is 1.05. The van der Waals surface area contributed by atoms with Crippen LogP contribution in [-0.2, 0) is 0 Å². The van der Waals surface area contributed by atoms with Crippen LogP contribution >= 0.6 is 0 Å². The van der Waals surface area contributed by atoms with Gasteiger partial charge in [0.05, 0.1) is 30.8 Å². The average Bonchev–Trinajstić information content (AvgIpc) is 3.70. The number of nitrogens with one attached hydrogen (secondary N) is 2. The molecule has 3 atom stereocenters. The zero-order valence-corrected chi connectivity index (χ0v) is 23.6. The highest BCUT2D eigenvalue weighted by atomic mass is 16.5. The maximum absolute atomic E-state index is 9.51. The molecule has 2 aliphatic rings. The predicted octanol–water partition coefficient (Wildman–Crippen LogP) is 6.28. The molecule has 1 saturated carbocycles. The number of anilines is 2. The highest BCUT2D eigenvalue weighted by Crippen LogP contribution is 2.40. The highest BCUT2D eigenvalue weighted by molar-refractivity contribution is 5.59. The summed E-state index contributed by atoms with van der Waals surface area (Å²) in [7, 11) is 0. The van der Waals surface area contributed by atoms with Gasteiger partial charge in [0.2, 0.25) is 5.95 Å². The van der Waals surface area contributed by atoms with E-state index >= 15 is 0 Å². The third-order valence-corrected chi connectivity index (χ3v) is 8.52. The van der Waals surface area contributed by atoms with Crippen LogP contribution in [0.1, 0.15) is 68.2 Å². The third kappa shape index (κ3) is 6.94. The highest BCUT2D eigenvalue weighted by Gasteiger charge is 2.26. The Morgan fingerprint density at radius 3 is 2.78 bits per heavy atom. The molecule has 0 amide bonds. The molecule has 4 aromatic rings. The van der Waals surface area contributed by atoms with Gasteiger partial charge in [0, 0.05) is 36.5 Å². The molecule has 0 spiro atoms. The average molecular weight is 553 g/mol. The zero-order chi connectivity index (χ0) is 27.9. The first-order chi connectivity index (χ1) is 20.2. The van der Waals surface area contributed by atoms with E-state index in [4.69, 9.17) is 14.7 Å². The smallest absolute Gasteiger partial charge is 0.227 e. The van der Waals surface area contributed by atoms with Crippen LogP contribution in [0.3, 0.4) is 0 Å². The van der Waals surface area contributed by atoms with Crippen LogP contribution in [0.15, 0.2) is 73.1 Å². The van der Waals surface area contributed by atoms with Crippen molar-refractivity contribution in [3.05, 3.63) is 84.4 Å². The van der Waals surface area contributed by atoms with Gasteiger partial charge in [-0.3, -0.25) is 4.90 Å². The molecule has 0 radical (unpaired) electrons. The number of aromatic nitrogens is 4. The van der Waals surface area contributed by atoms with Gasteiger partial charge in [-0.25, -0.2) is 15.0 Å². The van der Waals surface area contributed by atoms with Gasteiger partial charge in [-0.05, 0) is 74.8 Å². The Hall–Kier alpha value is -3.75. The molecule has 8 heteroatoms. The Bertz CT molecular complexity index is 1390. The van der Waals surface area contributed by atoms with Crippen LogP contribution in [0.2, 0.25) is 0 Å². The van der Waals surface area contributed by atoms with Crippen molar-refractivity contribution in [1.29, 1.82) is 0 Å². The summed E-state index contributed by atoms with van der Waals surface area (Å²) in [5, 5.41) is 12.8. The van der Waals surface area contributed by atoms with Crippen molar-refractivity contribution >= 4 is 11.6 Å². The fraction of sp³-hybridized carbons (Fsp3) is 0.424.